The second-order valence-corrected chi connectivity index (χ2v) is 6.61. The highest BCUT2D eigenvalue weighted by molar-refractivity contribution is 6.31. The van der Waals surface area contributed by atoms with Gasteiger partial charge in [-0.3, -0.25) is 10.4 Å². The van der Waals surface area contributed by atoms with E-state index in [1.807, 2.05) is 45.0 Å². The molecule has 7 heteroatoms. The largest absolute Gasteiger partial charge is 0.462 e. The van der Waals surface area contributed by atoms with Crippen LogP contribution < -0.4 is 5.43 Å². The monoisotopic (exact) mass is 384 g/mol. The number of hydrogen-bond donors (Lipinski definition) is 2. The van der Waals surface area contributed by atoms with E-state index in [9.17, 15) is 4.79 Å². The molecule has 2 aromatic heterocycles. The number of aromatic nitrogens is 2. The lowest BCUT2D eigenvalue weighted by Crippen LogP contribution is -2.07. The molecule has 0 radical (unpaired) electrons. The Bertz CT molecular complexity index is 1040. The molecular weight excluding hydrogens is 364 g/mol. The van der Waals surface area contributed by atoms with Crippen LogP contribution in [0.5, 0.6) is 0 Å². The third kappa shape index (κ3) is 3.80. The SMILES string of the molecule is CCOC(=O)c1c(C)[nH]c(/C(C)=N/Nc2ccnc3cc(Cl)ccc23)c1C. The van der Waals surface area contributed by atoms with Crippen molar-refractivity contribution in [2.75, 3.05) is 12.0 Å². The molecule has 0 saturated heterocycles. The average molecular weight is 385 g/mol. The molecule has 0 aliphatic rings. The van der Waals surface area contributed by atoms with E-state index in [2.05, 4.69) is 20.5 Å². The van der Waals surface area contributed by atoms with Crippen LogP contribution in [-0.4, -0.2) is 28.3 Å². The molecule has 0 aliphatic carbocycles. The number of benzene rings is 1. The first kappa shape index (κ1) is 18.9. The van der Waals surface area contributed by atoms with Crippen molar-refractivity contribution in [2.24, 2.45) is 5.10 Å². The van der Waals surface area contributed by atoms with Crippen molar-refractivity contribution in [1.29, 1.82) is 0 Å². The van der Waals surface area contributed by atoms with Crippen molar-refractivity contribution in [3.8, 4) is 0 Å². The Morgan fingerprint density at radius 2 is 2.11 bits per heavy atom. The number of H-pyrrole nitrogens is 1. The number of carbonyl (C=O) groups is 1. The number of fused-ring (bicyclic) bond motifs is 1. The van der Waals surface area contributed by atoms with Gasteiger partial charge in [0.05, 0.1) is 34.8 Å². The molecule has 2 heterocycles. The minimum absolute atomic E-state index is 0.326. The third-order valence-electron chi connectivity index (χ3n) is 4.33. The Balaban J connectivity index is 1.91. The van der Waals surface area contributed by atoms with Gasteiger partial charge >= 0.3 is 5.97 Å². The van der Waals surface area contributed by atoms with Gasteiger partial charge in [-0.1, -0.05) is 11.6 Å². The number of nitrogens with one attached hydrogen (secondary N) is 2. The standard InChI is InChI=1S/C20H21ClN4O2/c1-5-27-20(26)18-11(2)19(23-12(18)3)13(4)24-25-16-8-9-22-17-10-14(21)6-7-15(16)17/h6-10,23H,5H2,1-4H3,(H,22,25)/b24-13+. The molecule has 0 unspecified atom stereocenters. The van der Waals surface area contributed by atoms with Crippen molar-refractivity contribution >= 4 is 39.9 Å². The Morgan fingerprint density at radius 3 is 2.85 bits per heavy atom. The zero-order valence-electron chi connectivity index (χ0n) is 15.7. The highest BCUT2D eigenvalue weighted by Gasteiger charge is 2.20. The van der Waals surface area contributed by atoms with E-state index in [4.69, 9.17) is 16.3 Å². The molecule has 6 nitrogen and oxygen atoms in total. The van der Waals surface area contributed by atoms with Gasteiger partial charge in [-0.05, 0) is 57.5 Å². The molecule has 27 heavy (non-hydrogen) atoms. The van der Waals surface area contributed by atoms with Crippen LogP contribution in [-0.2, 0) is 4.74 Å². The minimum atomic E-state index is -0.326. The van der Waals surface area contributed by atoms with Crippen LogP contribution in [0.2, 0.25) is 5.02 Å². The number of pyridine rings is 1. The molecule has 0 bridgehead atoms. The fraction of sp³-hybridized carbons (Fsp3) is 0.250. The zero-order valence-corrected chi connectivity index (χ0v) is 16.4. The fourth-order valence-electron chi connectivity index (χ4n) is 3.04. The lowest BCUT2D eigenvalue weighted by atomic mass is 10.1. The van der Waals surface area contributed by atoms with E-state index in [1.165, 1.54) is 0 Å². The fourth-order valence-corrected chi connectivity index (χ4v) is 3.21. The maximum atomic E-state index is 12.2. The molecule has 1 aromatic carbocycles. The van der Waals surface area contributed by atoms with Gasteiger partial charge in [0.25, 0.3) is 0 Å². The topological polar surface area (TPSA) is 79.4 Å². The summed E-state index contributed by atoms with van der Waals surface area (Å²) < 4.78 is 5.14. The highest BCUT2D eigenvalue weighted by atomic mass is 35.5. The predicted molar refractivity (Wildman–Crippen MR) is 109 cm³/mol. The first-order chi connectivity index (χ1) is 12.9. The van der Waals surface area contributed by atoms with Crippen molar-refractivity contribution in [1.82, 2.24) is 9.97 Å². The van der Waals surface area contributed by atoms with E-state index in [0.717, 1.165) is 39.3 Å². The van der Waals surface area contributed by atoms with Gasteiger partial charge in [-0.25, -0.2) is 4.79 Å². The van der Waals surface area contributed by atoms with Gasteiger partial charge in [-0.2, -0.15) is 5.10 Å². The number of aryl methyl sites for hydroxylation is 1. The van der Waals surface area contributed by atoms with E-state index in [1.54, 1.807) is 13.1 Å². The summed E-state index contributed by atoms with van der Waals surface area (Å²) in [7, 11) is 0. The molecule has 2 N–H and O–H groups in total. The van der Waals surface area contributed by atoms with Crippen LogP contribution in [0.1, 0.15) is 41.2 Å². The van der Waals surface area contributed by atoms with Crippen LogP contribution in [0.3, 0.4) is 0 Å². The number of rotatable bonds is 5. The first-order valence-electron chi connectivity index (χ1n) is 8.63. The predicted octanol–water partition coefficient (Wildman–Crippen LogP) is 4.85. The summed E-state index contributed by atoms with van der Waals surface area (Å²) in [6.45, 7) is 7.74. The summed E-state index contributed by atoms with van der Waals surface area (Å²) in [5.74, 6) is -0.326. The summed E-state index contributed by atoms with van der Waals surface area (Å²) in [5.41, 5.74) is 8.36. The summed E-state index contributed by atoms with van der Waals surface area (Å²) in [6.07, 6.45) is 1.70. The maximum absolute atomic E-state index is 12.2. The number of aromatic amines is 1. The van der Waals surface area contributed by atoms with Gasteiger partial charge in [0.15, 0.2) is 0 Å². The number of nitrogens with zero attached hydrogens (tertiary/aromatic N) is 2. The van der Waals surface area contributed by atoms with Gasteiger partial charge in [0.2, 0.25) is 0 Å². The van der Waals surface area contributed by atoms with E-state index >= 15 is 0 Å². The van der Waals surface area contributed by atoms with Gasteiger partial charge in [0.1, 0.15) is 0 Å². The van der Waals surface area contributed by atoms with Crippen molar-refractivity contribution < 1.29 is 9.53 Å². The summed E-state index contributed by atoms with van der Waals surface area (Å²) in [6, 6.07) is 7.38. The van der Waals surface area contributed by atoms with E-state index in [-0.39, 0.29) is 5.97 Å². The van der Waals surface area contributed by atoms with Gasteiger partial charge < -0.3 is 9.72 Å². The summed E-state index contributed by atoms with van der Waals surface area (Å²) in [4.78, 5) is 19.7. The average Bonchev–Trinajstić information content (AvgIpc) is 2.94. The van der Waals surface area contributed by atoms with Crippen LogP contribution in [0.4, 0.5) is 5.69 Å². The minimum Gasteiger partial charge on any atom is -0.462 e. The number of anilines is 1. The van der Waals surface area contributed by atoms with E-state index < -0.39 is 0 Å². The highest BCUT2D eigenvalue weighted by Crippen LogP contribution is 2.25. The van der Waals surface area contributed by atoms with Crippen LogP contribution >= 0.6 is 11.6 Å². The second-order valence-electron chi connectivity index (χ2n) is 6.17. The Kier molecular flexibility index (Phi) is 5.46. The maximum Gasteiger partial charge on any atom is 0.340 e. The van der Waals surface area contributed by atoms with Crippen LogP contribution in [0, 0.1) is 13.8 Å². The van der Waals surface area contributed by atoms with Gasteiger partial charge in [0, 0.05) is 22.3 Å². The molecule has 0 aliphatic heterocycles. The third-order valence-corrected chi connectivity index (χ3v) is 4.56. The Morgan fingerprint density at radius 1 is 1.33 bits per heavy atom. The Hall–Kier alpha value is -2.86. The number of hydrogen-bond acceptors (Lipinski definition) is 5. The summed E-state index contributed by atoms with van der Waals surface area (Å²) >= 11 is 6.03. The normalized spacial score (nSPS) is 11.7. The molecule has 3 aromatic rings. The first-order valence-corrected chi connectivity index (χ1v) is 9.01. The van der Waals surface area contributed by atoms with Crippen LogP contribution in [0.25, 0.3) is 10.9 Å². The number of ether oxygens (including phenoxy) is 1. The van der Waals surface area contributed by atoms with Crippen molar-refractivity contribution in [3.63, 3.8) is 0 Å². The lowest BCUT2D eigenvalue weighted by Gasteiger charge is -2.07. The molecule has 140 valence electrons. The van der Waals surface area contributed by atoms with Crippen molar-refractivity contribution in [2.45, 2.75) is 27.7 Å². The second kappa shape index (κ2) is 7.80. The molecule has 0 atom stereocenters. The quantitative estimate of drug-likeness (QED) is 0.374. The smallest absolute Gasteiger partial charge is 0.340 e. The molecule has 0 fully saturated rings. The number of halogens is 1. The molecule has 3 rings (SSSR count). The number of hydrazone groups is 1. The van der Waals surface area contributed by atoms with Crippen LogP contribution in [0.15, 0.2) is 35.6 Å². The molecule has 0 amide bonds. The van der Waals surface area contributed by atoms with Gasteiger partial charge in [-0.15, -0.1) is 0 Å². The molecule has 0 spiro atoms. The lowest BCUT2D eigenvalue weighted by molar-refractivity contribution is 0.0525. The molecule has 0 saturated carbocycles. The van der Waals surface area contributed by atoms with E-state index in [0.29, 0.717) is 17.2 Å². The summed E-state index contributed by atoms with van der Waals surface area (Å²) in [5, 5.41) is 6.04. The zero-order chi connectivity index (χ0) is 19.6. The number of esters is 1. The Labute approximate surface area is 162 Å². The number of carbonyl (C=O) groups excluding carboxylic acids is 1. The molecular formula is C20H21ClN4O2. The van der Waals surface area contributed by atoms with Crippen molar-refractivity contribution in [3.05, 3.63) is 58.0 Å².